The van der Waals surface area contributed by atoms with E-state index in [0.29, 0.717) is 5.92 Å². The minimum absolute atomic E-state index is 0.0947. The van der Waals surface area contributed by atoms with Gasteiger partial charge in [0.15, 0.2) is 0 Å². The molecule has 0 bridgehead atoms. The summed E-state index contributed by atoms with van der Waals surface area (Å²) in [5, 5.41) is 3.12. The van der Waals surface area contributed by atoms with Crippen LogP contribution in [0.15, 0.2) is 0 Å². The summed E-state index contributed by atoms with van der Waals surface area (Å²) in [5.41, 5.74) is 0. The second kappa shape index (κ2) is 7.78. The van der Waals surface area contributed by atoms with Gasteiger partial charge >= 0.3 is 0 Å². The largest absolute Gasteiger partial charge is 0.354 e. The zero-order chi connectivity index (χ0) is 15.2. The van der Waals surface area contributed by atoms with E-state index in [9.17, 15) is 9.59 Å². The van der Waals surface area contributed by atoms with E-state index in [0.717, 1.165) is 32.7 Å². The molecule has 5 nitrogen and oxygen atoms in total. The second-order valence-electron chi connectivity index (χ2n) is 6.47. The first-order valence-electron chi connectivity index (χ1n) is 8.35. The Morgan fingerprint density at radius 1 is 1.10 bits per heavy atom. The van der Waals surface area contributed by atoms with E-state index in [-0.39, 0.29) is 17.9 Å². The molecule has 2 aliphatic rings. The van der Waals surface area contributed by atoms with E-state index in [4.69, 9.17) is 0 Å². The Balaban J connectivity index is 1.71. The van der Waals surface area contributed by atoms with Gasteiger partial charge in [-0.25, -0.2) is 0 Å². The van der Waals surface area contributed by atoms with Crippen molar-refractivity contribution in [3.63, 3.8) is 0 Å². The van der Waals surface area contributed by atoms with Crippen molar-refractivity contribution in [2.75, 3.05) is 32.7 Å². The molecule has 5 heteroatoms. The van der Waals surface area contributed by atoms with Gasteiger partial charge in [-0.05, 0) is 25.7 Å². The van der Waals surface area contributed by atoms with E-state index < -0.39 is 0 Å². The van der Waals surface area contributed by atoms with Crippen LogP contribution in [0, 0.1) is 5.92 Å². The van der Waals surface area contributed by atoms with Gasteiger partial charge in [-0.2, -0.15) is 0 Å². The van der Waals surface area contributed by atoms with Crippen molar-refractivity contribution in [3.8, 4) is 0 Å². The zero-order valence-corrected chi connectivity index (χ0v) is 13.4. The molecule has 1 heterocycles. The molecule has 120 valence electrons. The Morgan fingerprint density at radius 3 is 2.29 bits per heavy atom. The lowest BCUT2D eigenvalue weighted by molar-refractivity contribution is -0.132. The summed E-state index contributed by atoms with van der Waals surface area (Å²) in [7, 11) is 0. The molecule has 0 spiro atoms. The molecule has 0 unspecified atom stereocenters. The molecular formula is C16H29N3O2. The highest BCUT2D eigenvalue weighted by molar-refractivity contribution is 5.81. The Kier molecular flexibility index (Phi) is 6.03. The van der Waals surface area contributed by atoms with E-state index >= 15 is 0 Å². The molecule has 1 aliphatic carbocycles. The van der Waals surface area contributed by atoms with Crippen LogP contribution in [0.1, 0.15) is 46.0 Å². The Bertz CT molecular complexity index is 359. The van der Waals surface area contributed by atoms with E-state index in [1.165, 1.54) is 32.1 Å². The van der Waals surface area contributed by atoms with E-state index in [2.05, 4.69) is 10.2 Å². The summed E-state index contributed by atoms with van der Waals surface area (Å²) in [6.45, 7) is 7.45. The second-order valence-corrected chi connectivity index (χ2v) is 6.47. The van der Waals surface area contributed by atoms with Gasteiger partial charge in [-0.1, -0.05) is 19.3 Å². The van der Waals surface area contributed by atoms with Gasteiger partial charge in [-0.3, -0.25) is 14.5 Å². The monoisotopic (exact) mass is 295 g/mol. The smallest absolute Gasteiger partial charge is 0.237 e. The SMILES string of the molecule is CC(=O)N1CCN([C@@H](C)C(=O)NCC2CCCCC2)CC1. The molecule has 0 aromatic heterocycles. The number of piperazine rings is 1. The average Bonchev–Trinajstić information content (AvgIpc) is 2.53. The van der Waals surface area contributed by atoms with Crippen LogP contribution >= 0.6 is 0 Å². The summed E-state index contributed by atoms with van der Waals surface area (Å²) < 4.78 is 0. The maximum atomic E-state index is 12.3. The number of nitrogens with zero attached hydrogens (tertiary/aromatic N) is 2. The number of carbonyl (C=O) groups excluding carboxylic acids is 2. The van der Waals surface area contributed by atoms with Crippen molar-refractivity contribution in [3.05, 3.63) is 0 Å². The normalized spacial score (nSPS) is 22.9. The zero-order valence-electron chi connectivity index (χ0n) is 13.4. The number of hydrogen-bond donors (Lipinski definition) is 1. The first-order valence-corrected chi connectivity index (χ1v) is 8.35. The van der Waals surface area contributed by atoms with E-state index in [1.54, 1.807) is 6.92 Å². The highest BCUT2D eigenvalue weighted by Crippen LogP contribution is 2.22. The molecule has 1 saturated heterocycles. The molecule has 2 amide bonds. The quantitative estimate of drug-likeness (QED) is 0.849. The lowest BCUT2D eigenvalue weighted by Gasteiger charge is -2.37. The molecule has 0 aromatic rings. The molecule has 2 fully saturated rings. The van der Waals surface area contributed by atoms with Gasteiger partial charge in [0.1, 0.15) is 0 Å². The number of rotatable bonds is 4. The standard InChI is InChI=1S/C16H29N3O2/c1-13(18-8-10-19(11-9-18)14(2)20)16(21)17-12-15-6-4-3-5-7-15/h13,15H,3-12H2,1-2H3,(H,17,21)/t13-/m0/s1. The first-order chi connectivity index (χ1) is 10.1. The van der Waals surface area contributed by atoms with Gasteiger partial charge < -0.3 is 10.2 Å². The highest BCUT2D eigenvalue weighted by Gasteiger charge is 2.26. The third kappa shape index (κ3) is 4.70. The van der Waals surface area contributed by atoms with Gasteiger partial charge in [0, 0.05) is 39.6 Å². The molecule has 1 saturated carbocycles. The minimum Gasteiger partial charge on any atom is -0.354 e. The summed E-state index contributed by atoms with van der Waals surface area (Å²) >= 11 is 0. The minimum atomic E-state index is -0.0947. The van der Waals surface area contributed by atoms with Crippen LogP contribution in [0.5, 0.6) is 0 Å². The molecule has 1 N–H and O–H groups in total. The molecule has 0 aromatic carbocycles. The molecular weight excluding hydrogens is 266 g/mol. The van der Waals surface area contributed by atoms with Gasteiger partial charge in [-0.15, -0.1) is 0 Å². The van der Waals surface area contributed by atoms with E-state index in [1.807, 2.05) is 11.8 Å². The maximum absolute atomic E-state index is 12.3. The number of carbonyl (C=O) groups is 2. The van der Waals surface area contributed by atoms with Crippen LogP contribution in [0.25, 0.3) is 0 Å². The Labute approximate surface area is 128 Å². The number of hydrogen-bond acceptors (Lipinski definition) is 3. The lowest BCUT2D eigenvalue weighted by atomic mass is 9.89. The van der Waals surface area contributed by atoms with Crippen molar-refractivity contribution in [1.82, 2.24) is 15.1 Å². The lowest BCUT2D eigenvalue weighted by Crippen LogP contribution is -2.55. The summed E-state index contributed by atoms with van der Waals surface area (Å²) in [6, 6.07) is -0.0947. The fraction of sp³-hybridized carbons (Fsp3) is 0.875. The van der Waals surface area contributed by atoms with Crippen LogP contribution in [-0.2, 0) is 9.59 Å². The molecule has 2 rings (SSSR count). The van der Waals surface area contributed by atoms with Crippen molar-refractivity contribution in [2.45, 2.75) is 52.0 Å². The van der Waals surface area contributed by atoms with Crippen LogP contribution in [0.4, 0.5) is 0 Å². The Morgan fingerprint density at radius 2 is 1.71 bits per heavy atom. The fourth-order valence-electron chi connectivity index (χ4n) is 3.37. The predicted octanol–water partition coefficient (Wildman–Crippen LogP) is 1.24. The Hall–Kier alpha value is -1.10. The summed E-state index contributed by atoms with van der Waals surface area (Å²) in [5.74, 6) is 0.936. The molecule has 21 heavy (non-hydrogen) atoms. The van der Waals surface area contributed by atoms with Crippen molar-refractivity contribution in [2.24, 2.45) is 5.92 Å². The average molecular weight is 295 g/mol. The summed E-state index contributed by atoms with van der Waals surface area (Å²) in [6.07, 6.45) is 6.48. The van der Waals surface area contributed by atoms with Gasteiger partial charge in [0.05, 0.1) is 6.04 Å². The van der Waals surface area contributed by atoms with Crippen LogP contribution in [0.2, 0.25) is 0 Å². The topological polar surface area (TPSA) is 52.7 Å². The van der Waals surface area contributed by atoms with Crippen molar-refractivity contribution >= 4 is 11.8 Å². The van der Waals surface area contributed by atoms with Gasteiger partial charge in [0.2, 0.25) is 11.8 Å². The molecule has 0 radical (unpaired) electrons. The third-order valence-corrected chi connectivity index (χ3v) is 4.98. The molecule has 1 atom stereocenters. The van der Waals surface area contributed by atoms with Gasteiger partial charge in [0.25, 0.3) is 0 Å². The van der Waals surface area contributed by atoms with Crippen LogP contribution < -0.4 is 5.32 Å². The highest BCUT2D eigenvalue weighted by atomic mass is 16.2. The third-order valence-electron chi connectivity index (χ3n) is 4.98. The predicted molar refractivity (Wildman–Crippen MR) is 82.9 cm³/mol. The van der Waals surface area contributed by atoms with Crippen molar-refractivity contribution < 1.29 is 9.59 Å². The summed E-state index contributed by atoms with van der Waals surface area (Å²) in [4.78, 5) is 27.6. The van der Waals surface area contributed by atoms with Crippen LogP contribution in [0.3, 0.4) is 0 Å². The molecule has 1 aliphatic heterocycles. The fourth-order valence-corrected chi connectivity index (χ4v) is 3.37. The number of amides is 2. The maximum Gasteiger partial charge on any atom is 0.237 e. The van der Waals surface area contributed by atoms with Crippen LogP contribution in [-0.4, -0.2) is 60.4 Å². The van der Waals surface area contributed by atoms with Crippen molar-refractivity contribution in [1.29, 1.82) is 0 Å². The first kappa shape index (κ1) is 16.3. The number of nitrogens with one attached hydrogen (secondary N) is 1.